The zero-order valence-corrected chi connectivity index (χ0v) is 15.4. The van der Waals surface area contributed by atoms with Gasteiger partial charge in [-0.15, -0.1) is 11.3 Å². The van der Waals surface area contributed by atoms with Crippen LogP contribution in [0.4, 0.5) is 0 Å². The number of aromatic amines is 1. The van der Waals surface area contributed by atoms with Crippen molar-refractivity contribution in [3.05, 3.63) is 57.9 Å². The lowest BCUT2D eigenvalue weighted by molar-refractivity contribution is -0.141. The van der Waals surface area contributed by atoms with Crippen LogP contribution >= 0.6 is 11.3 Å². The van der Waals surface area contributed by atoms with E-state index in [4.69, 9.17) is 0 Å². The van der Waals surface area contributed by atoms with Crippen molar-refractivity contribution in [3.63, 3.8) is 0 Å². The topological polar surface area (TPSA) is 82.2 Å². The van der Waals surface area contributed by atoms with Gasteiger partial charge in [-0.25, -0.2) is 4.79 Å². The number of aryl methyl sites for hydroxylation is 2. The van der Waals surface area contributed by atoms with Gasteiger partial charge < -0.3 is 15.4 Å². The first-order valence-electron chi connectivity index (χ1n) is 8.65. The van der Waals surface area contributed by atoms with Crippen LogP contribution in [-0.4, -0.2) is 28.0 Å². The molecule has 3 rings (SSSR count). The lowest BCUT2D eigenvalue weighted by Crippen LogP contribution is -2.42. The summed E-state index contributed by atoms with van der Waals surface area (Å²) in [6, 6.07) is 11.0. The number of hydrogen-bond donors (Lipinski definition) is 3. The Labute approximate surface area is 156 Å². The first kappa shape index (κ1) is 18.2. The van der Waals surface area contributed by atoms with E-state index < -0.39 is 12.0 Å². The number of fused-ring (bicyclic) bond motifs is 1. The minimum Gasteiger partial charge on any atom is -0.480 e. The molecular weight excluding hydrogens is 348 g/mol. The second-order valence-corrected chi connectivity index (χ2v) is 7.76. The van der Waals surface area contributed by atoms with Crippen LogP contribution in [0.25, 0.3) is 10.9 Å². The van der Waals surface area contributed by atoms with Crippen molar-refractivity contribution < 1.29 is 14.7 Å². The maximum absolute atomic E-state index is 12.2. The molecular formula is C20H22N2O3S. The monoisotopic (exact) mass is 370 g/mol. The van der Waals surface area contributed by atoms with Gasteiger partial charge in [0, 0.05) is 39.7 Å². The number of carbonyl (C=O) groups is 2. The van der Waals surface area contributed by atoms with Crippen molar-refractivity contribution in [1.82, 2.24) is 10.3 Å². The second-order valence-electron chi connectivity index (χ2n) is 6.39. The third kappa shape index (κ3) is 4.52. The van der Waals surface area contributed by atoms with Gasteiger partial charge in [0.05, 0.1) is 0 Å². The number of carbonyl (C=O) groups excluding carboxylic acids is 1. The normalized spacial score (nSPS) is 12.2. The van der Waals surface area contributed by atoms with Gasteiger partial charge in [0.1, 0.15) is 6.04 Å². The molecule has 0 radical (unpaired) electrons. The smallest absolute Gasteiger partial charge is 0.326 e. The molecule has 6 heteroatoms. The fraction of sp³-hybridized carbons (Fsp3) is 0.300. The van der Waals surface area contributed by atoms with E-state index in [1.165, 1.54) is 9.75 Å². The van der Waals surface area contributed by atoms with Gasteiger partial charge >= 0.3 is 5.97 Å². The molecule has 1 unspecified atom stereocenters. The Bertz CT molecular complexity index is 913. The van der Waals surface area contributed by atoms with Crippen LogP contribution in [0.3, 0.4) is 0 Å². The fourth-order valence-corrected chi connectivity index (χ4v) is 3.96. The number of benzene rings is 1. The lowest BCUT2D eigenvalue weighted by atomic mass is 10.0. The maximum atomic E-state index is 12.2. The molecule has 0 spiro atoms. The molecule has 1 aromatic carbocycles. The van der Waals surface area contributed by atoms with E-state index in [9.17, 15) is 14.7 Å². The van der Waals surface area contributed by atoms with Crippen LogP contribution < -0.4 is 5.32 Å². The zero-order valence-electron chi connectivity index (χ0n) is 14.6. The van der Waals surface area contributed by atoms with E-state index in [1.54, 1.807) is 11.3 Å². The molecule has 0 aliphatic heterocycles. The summed E-state index contributed by atoms with van der Waals surface area (Å²) in [4.78, 5) is 29.4. The van der Waals surface area contributed by atoms with Gasteiger partial charge in [-0.05, 0) is 43.5 Å². The Morgan fingerprint density at radius 1 is 1.23 bits per heavy atom. The van der Waals surface area contributed by atoms with E-state index in [0.717, 1.165) is 22.9 Å². The molecule has 3 aromatic rings. The van der Waals surface area contributed by atoms with Gasteiger partial charge in [0.15, 0.2) is 0 Å². The van der Waals surface area contributed by atoms with Crippen LogP contribution in [0.5, 0.6) is 0 Å². The Morgan fingerprint density at radius 2 is 2.04 bits per heavy atom. The van der Waals surface area contributed by atoms with Gasteiger partial charge in [0.2, 0.25) is 5.91 Å². The first-order chi connectivity index (χ1) is 12.5. The minimum atomic E-state index is -1.02. The third-order valence-electron chi connectivity index (χ3n) is 4.36. The standard InChI is InChI=1S/C20H22N2O3S/c1-13-9-10-15(26-13)5-4-8-19(23)22-18(20(24)25)11-14-12-21-17-7-3-2-6-16(14)17/h2-3,6-7,9-10,12,18,21H,4-5,8,11H2,1H3,(H,22,23)(H,24,25). The maximum Gasteiger partial charge on any atom is 0.326 e. The van der Waals surface area contributed by atoms with Crippen LogP contribution in [0.1, 0.15) is 28.2 Å². The Balaban J connectivity index is 1.56. The summed E-state index contributed by atoms with van der Waals surface area (Å²) >= 11 is 1.73. The Morgan fingerprint density at radius 3 is 2.77 bits per heavy atom. The van der Waals surface area contributed by atoms with E-state index in [-0.39, 0.29) is 12.3 Å². The van der Waals surface area contributed by atoms with Crippen molar-refractivity contribution in [3.8, 4) is 0 Å². The Hall–Kier alpha value is -2.60. The predicted octanol–water partition coefficient (Wildman–Crippen LogP) is 3.67. The average molecular weight is 370 g/mol. The van der Waals surface area contributed by atoms with E-state index >= 15 is 0 Å². The van der Waals surface area contributed by atoms with Crippen molar-refractivity contribution in [2.24, 2.45) is 0 Å². The van der Waals surface area contributed by atoms with Crippen molar-refractivity contribution >= 4 is 34.1 Å². The van der Waals surface area contributed by atoms with Gasteiger partial charge in [-0.1, -0.05) is 18.2 Å². The largest absolute Gasteiger partial charge is 0.480 e. The van der Waals surface area contributed by atoms with E-state index in [1.807, 2.05) is 30.5 Å². The van der Waals surface area contributed by atoms with Crippen LogP contribution in [0, 0.1) is 6.92 Å². The molecule has 0 aliphatic rings. The highest BCUT2D eigenvalue weighted by Gasteiger charge is 2.21. The van der Waals surface area contributed by atoms with Crippen LogP contribution in [0.2, 0.25) is 0 Å². The minimum absolute atomic E-state index is 0.217. The molecule has 3 N–H and O–H groups in total. The predicted molar refractivity (Wildman–Crippen MR) is 104 cm³/mol. The molecule has 0 saturated heterocycles. The molecule has 0 bridgehead atoms. The number of H-pyrrole nitrogens is 1. The number of amides is 1. The molecule has 2 heterocycles. The molecule has 1 atom stereocenters. The van der Waals surface area contributed by atoms with Crippen molar-refractivity contribution in [2.45, 2.75) is 38.6 Å². The summed E-state index contributed by atoms with van der Waals surface area (Å²) < 4.78 is 0. The molecule has 5 nitrogen and oxygen atoms in total. The number of rotatable bonds is 8. The highest BCUT2D eigenvalue weighted by Crippen LogP contribution is 2.20. The van der Waals surface area contributed by atoms with Crippen LogP contribution in [0.15, 0.2) is 42.6 Å². The number of para-hydroxylation sites is 1. The van der Waals surface area contributed by atoms with Crippen molar-refractivity contribution in [2.75, 3.05) is 0 Å². The zero-order chi connectivity index (χ0) is 18.5. The summed E-state index contributed by atoms with van der Waals surface area (Å²) in [6.07, 6.45) is 3.95. The first-order valence-corrected chi connectivity index (χ1v) is 9.47. The molecule has 1 amide bonds. The molecule has 0 fully saturated rings. The summed E-state index contributed by atoms with van der Waals surface area (Å²) in [7, 11) is 0. The number of hydrogen-bond acceptors (Lipinski definition) is 3. The quantitative estimate of drug-likeness (QED) is 0.566. The Kier molecular flexibility index (Phi) is 5.73. The third-order valence-corrected chi connectivity index (χ3v) is 5.42. The fourth-order valence-electron chi connectivity index (χ4n) is 3.03. The van der Waals surface area contributed by atoms with Gasteiger partial charge in [-0.3, -0.25) is 4.79 Å². The number of aromatic nitrogens is 1. The number of nitrogens with one attached hydrogen (secondary N) is 2. The highest BCUT2D eigenvalue weighted by atomic mass is 32.1. The number of thiophene rings is 1. The lowest BCUT2D eigenvalue weighted by Gasteiger charge is -2.14. The average Bonchev–Trinajstić information content (AvgIpc) is 3.21. The van der Waals surface area contributed by atoms with Crippen LogP contribution in [-0.2, 0) is 22.4 Å². The van der Waals surface area contributed by atoms with Crippen molar-refractivity contribution in [1.29, 1.82) is 0 Å². The number of carboxylic acid groups (broad SMARTS) is 1. The van der Waals surface area contributed by atoms with Gasteiger partial charge in [0.25, 0.3) is 0 Å². The van der Waals surface area contributed by atoms with E-state index in [0.29, 0.717) is 12.8 Å². The van der Waals surface area contributed by atoms with E-state index in [2.05, 4.69) is 29.4 Å². The molecule has 0 aliphatic carbocycles. The summed E-state index contributed by atoms with van der Waals surface area (Å²) in [6.45, 7) is 2.06. The molecule has 2 aromatic heterocycles. The summed E-state index contributed by atoms with van der Waals surface area (Å²) in [5.74, 6) is -1.23. The summed E-state index contributed by atoms with van der Waals surface area (Å²) in [5.41, 5.74) is 1.85. The van der Waals surface area contributed by atoms with Gasteiger partial charge in [-0.2, -0.15) is 0 Å². The second kappa shape index (κ2) is 8.19. The number of carboxylic acids is 1. The highest BCUT2D eigenvalue weighted by molar-refractivity contribution is 7.11. The molecule has 26 heavy (non-hydrogen) atoms. The SMILES string of the molecule is Cc1ccc(CCCC(=O)NC(Cc2c[nH]c3ccccc23)C(=O)O)s1. The molecule has 0 saturated carbocycles. The number of aliphatic carboxylic acids is 1. The summed E-state index contributed by atoms with van der Waals surface area (Å²) in [5, 5.41) is 13.1. The molecule has 136 valence electrons.